The van der Waals surface area contributed by atoms with Crippen molar-refractivity contribution >= 4 is 11.8 Å². The van der Waals surface area contributed by atoms with Gasteiger partial charge in [-0.2, -0.15) is 0 Å². The van der Waals surface area contributed by atoms with Crippen molar-refractivity contribution in [1.82, 2.24) is 10.2 Å². The lowest BCUT2D eigenvalue weighted by atomic mass is 9.78. The largest absolute Gasteiger partial charge is 0.377 e. The fraction of sp³-hybridized carbons (Fsp3) is 0.909. The highest BCUT2D eigenvalue weighted by Gasteiger charge is 2.40. The molecule has 2 amide bonds. The molecule has 0 aromatic carbocycles. The summed E-state index contributed by atoms with van der Waals surface area (Å²) in [6, 6.07) is 0.350. The maximum Gasteiger partial charge on any atom is 0.225 e. The van der Waals surface area contributed by atoms with Crippen LogP contribution in [0.15, 0.2) is 0 Å². The lowest BCUT2D eigenvalue weighted by molar-refractivity contribution is -0.131. The normalized spacial score (nSPS) is 35.3. The Labute approximate surface area is 164 Å². The van der Waals surface area contributed by atoms with Crippen LogP contribution in [0.5, 0.6) is 0 Å². The molecule has 2 heterocycles. The molecule has 3 aliphatic rings. The second-order valence-electron chi connectivity index (χ2n) is 10.2. The molecule has 27 heavy (non-hydrogen) atoms. The summed E-state index contributed by atoms with van der Waals surface area (Å²) in [5, 5.41) is 3.15. The average molecular weight is 379 g/mol. The zero-order valence-electron chi connectivity index (χ0n) is 17.6. The molecule has 0 aromatic rings. The van der Waals surface area contributed by atoms with Crippen molar-refractivity contribution in [2.45, 2.75) is 84.8 Å². The van der Waals surface area contributed by atoms with Crippen molar-refractivity contribution < 1.29 is 14.3 Å². The molecule has 5 heteroatoms. The van der Waals surface area contributed by atoms with Crippen LogP contribution in [0.1, 0.15) is 72.6 Å². The van der Waals surface area contributed by atoms with E-state index in [1.54, 1.807) is 0 Å². The predicted octanol–water partition coefficient (Wildman–Crippen LogP) is 3.37. The monoisotopic (exact) mass is 378 g/mol. The van der Waals surface area contributed by atoms with E-state index in [1.807, 2.05) is 4.90 Å². The Morgan fingerprint density at radius 1 is 1.19 bits per heavy atom. The summed E-state index contributed by atoms with van der Waals surface area (Å²) >= 11 is 0. The Hall–Kier alpha value is -1.10. The first kappa shape index (κ1) is 20.6. The summed E-state index contributed by atoms with van der Waals surface area (Å²) in [7, 11) is 0. The first-order valence-corrected chi connectivity index (χ1v) is 10.9. The highest BCUT2D eigenvalue weighted by atomic mass is 16.5. The second kappa shape index (κ2) is 8.50. The van der Waals surface area contributed by atoms with E-state index >= 15 is 0 Å². The highest BCUT2D eigenvalue weighted by Crippen LogP contribution is 2.34. The van der Waals surface area contributed by atoms with Gasteiger partial charge in [0.15, 0.2) is 0 Å². The van der Waals surface area contributed by atoms with Gasteiger partial charge in [-0.3, -0.25) is 9.59 Å². The molecule has 2 saturated heterocycles. The Morgan fingerprint density at radius 2 is 1.89 bits per heavy atom. The SMILES string of the molecule is CC1CCC(N2CC(C(=O)NCC3CCCOC3C(C)(C)C)CC2=O)CC1. The average Bonchev–Trinajstić information content (AvgIpc) is 3.02. The Morgan fingerprint density at radius 3 is 2.56 bits per heavy atom. The number of rotatable bonds is 4. The van der Waals surface area contributed by atoms with Gasteiger partial charge >= 0.3 is 0 Å². The molecule has 3 fully saturated rings. The van der Waals surface area contributed by atoms with E-state index in [2.05, 4.69) is 33.0 Å². The van der Waals surface area contributed by atoms with E-state index in [4.69, 9.17) is 4.74 Å². The summed E-state index contributed by atoms with van der Waals surface area (Å²) in [4.78, 5) is 27.2. The van der Waals surface area contributed by atoms with Gasteiger partial charge < -0.3 is 15.0 Å². The fourth-order valence-electron chi connectivity index (χ4n) is 5.20. The summed E-state index contributed by atoms with van der Waals surface area (Å²) in [6.45, 7) is 11.0. The smallest absolute Gasteiger partial charge is 0.225 e. The third-order valence-electron chi connectivity index (χ3n) is 6.79. The number of nitrogens with one attached hydrogen (secondary N) is 1. The van der Waals surface area contributed by atoms with Crippen LogP contribution in [0.2, 0.25) is 0 Å². The molecule has 154 valence electrons. The number of amides is 2. The second-order valence-corrected chi connectivity index (χ2v) is 10.2. The topological polar surface area (TPSA) is 58.6 Å². The van der Waals surface area contributed by atoms with E-state index in [9.17, 15) is 9.59 Å². The molecule has 1 saturated carbocycles. The van der Waals surface area contributed by atoms with Crippen LogP contribution in [0.25, 0.3) is 0 Å². The summed E-state index contributed by atoms with van der Waals surface area (Å²) in [6.07, 6.45) is 7.28. The Balaban J connectivity index is 1.50. The molecule has 0 spiro atoms. The summed E-state index contributed by atoms with van der Waals surface area (Å²) in [5.41, 5.74) is 0.0774. The van der Waals surface area contributed by atoms with E-state index in [0.717, 1.165) is 38.2 Å². The van der Waals surface area contributed by atoms with Gasteiger partial charge in [-0.15, -0.1) is 0 Å². The standard InChI is InChI=1S/C22H38N2O3/c1-15-7-9-18(10-8-15)24-14-17(12-19(24)25)21(26)23-13-16-6-5-11-27-20(16)22(2,3)4/h15-18,20H,5-14H2,1-4H3,(H,23,26). The van der Waals surface area contributed by atoms with Crippen molar-refractivity contribution in [2.24, 2.45) is 23.2 Å². The van der Waals surface area contributed by atoms with Crippen LogP contribution in [-0.4, -0.2) is 48.6 Å². The number of nitrogens with zero attached hydrogens (tertiary/aromatic N) is 1. The maximum absolute atomic E-state index is 12.7. The van der Waals surface area contributed by atoms with E-state index < -0.39 is 0 Å². The molecular weight excluding hydrogens is 340 g/mol. The molecule has 0 bridgehead atoms. The Kier molecular flexibility index (Phi) is 6.50. The number of likely N-dealkylation sites (tertiary alicyclic amines) is 1. The van der Waals surface area contributed by atoms with Gasteiger partial charge in [-0.25, -0.2) is 0 Å². The highest BCUT2D eigenvalue weighted by molar-refractivity contribution is 5.89. The van der Waals surface area contributed by atoms with Crippen LogP contribution < -0.4 is 5.32 Å². The molecular formula is C22H38N2O3. The summed E-state index contributed by atoms with van der Waals surface area (Å²) in [5.74, 6) is 1.16. The van der Waals surface area contributed by atoms with Crippen LogP contribution in [0, 0.1) is 23.2 Å². The van der Waals surface area contributed by atoms with Gasteiger partial charge in [0.05, 0.1) is 12.0 Å². The molecule has 0 radical (unpaired) electrons. The van der Waals surface area contributed by atoms with E-state index in [1.165, 1.54) is 12.8 Å². The molecule has 5 nitrogen and oxygen atoms in total. The number of hydrogen-bond acceptors (Lipinski definition) is 3. The zero-order valence-corrected chi connectivity index (χ0v) is 17.6. The number of carbonyl (C=O) groups is 2. The number of ether oxygens (including phenoxy) is 1. The number of hydrogen-bond donors (Lipinski definition) is 1. The number of carbonyl (C=O) groups excluding carboxylic acids is 2. The van der Waals surface area contributed by atoms with Gasteiger partial charge in [0, 0.05) is 38.1 Å². The van der Waals surface area contributed by atoms with Gasteiger partial charge in [-0.1, -0.05) is 27.7 Å². The van der Waals surface area contributed by atoms with Crippen molar-refractivity contribution in [2.75, 3.05) is 19.7 Å². The molecule has 1 N–H and O–H groups in total. The van der Waals surface area contributed by atoms with Gasteiger partial charge in [0.2, 0.25) is 11.8 Å². The molecule has 3 atom stereocenters. The zero-order chi connectivity index (χ0) is 19.6. The fourth-order valence-corrected chi connectivity index (χ4v) is 5.20. The molecule has 2 aliphatic heterocycles. The quantitative estimate of drug-likeness (QED) is 0.816. The maximum atomic E-state index is 12.7. The van der Waals surface area contributed by atoms with Crippen LogP contribution in [-0.2, 0) is 14.3 Å². The summed E-state index contributed by atoms with van der Waals surface area (Å²) < 4.78 is 6.02. The Bertz CT molecular complexity index is 534. The van der Waals surface area contributed by atoms with Crippen molar-refractivity contribution in [3.8, 4) is 0 Å². The molecule has 1 aliphatic carbocycles. The first-order valence-electron chi connectivity index (χ1n) is 10.9. The minimum absolute atomic E-state index is 0.0493. The minimum Gasteiger partial charge on any atom is -0.377 e. The predicted molar refractivity (Wildman–Crippen MR) is 106 cm³/mol. The van der Waals surface area contributed by atoms with Crippen molar-refractivity contribution in [3.05, 3.63) is 0 Å². The third kappa shape index (κ3) is 5.04. The van der Waals surface area contributed by atoms with E-state index in [0.29, 0.717) is 31.5 Å². The molecule has 3 rings (SSSR count). The van der Waals surface area contributed by atoms with Crippen LogP contribution in [0.3, 0.4) is 0 Å². The molecule has 3 unspecified atom stereocenters. The van der Waals surface area contributed by atoms with E-state index in [-0.39, 0.29) is 29.3 Å². The van der Waals surface area contributed by atoms with Crippen molar-refractivity contribution in [3.63, 3.8) is 0 Å². The van der Waals surface area contributed by atoms with Gasteiger partial charge in [-0.05, 0) is 49.9 Å². The van der Waals surface area contributed by atoms with Gasteiger partial charge in [0.1, 0.15) is 0 Å². The lowest BCUT2D eigenvalue weighted by Crippen LogP contribution is -2.46. The van der Waals surface area contributed by atoms with Crippen LogP contribution >= 0.6 is 0 Å². The van der Waals surface area contributed by atoms with Gasteiger partial charge in [0.25, 0.3) is 0 Å². The minimum atomic E-state index is -0.186. The lowest BCUT2D eigenvalue weighted by Gasteiger charge is -2.40. The molecule has 0 aromatic heterocycles. The van der Waals surface area contributed by atoms with Crippen LogP contribution in [0.4, 0.5) is 0 Å². The third-order valence-corrected chi connectivity index (χ3v) is 6.79. The first-order chi connectivity index (χ1) is 12.8. The van der Waals surface area contributed by atoms with Crippen molar-refractivity contribution in [1.29, 1.82) is 0 Å².